The summed E-state index contributed by atoms with van der Waals surface area (Å²) in [5.41, 5.74) is 2.26. The summed E-state index contributed by atoms with van der Waals surface area (Å²) in [6.07, 6.45) is 11.4. The van der Waals surface area contributed by atoms with Crippen LogP contribution >= 0.6 is 11.6 Å². The van der Waals surface area contributed by atoms with Crippen molar-refractivity contribution in [3.05, 3.63) is 40.9 Å². The Kier molecular flexibility index (Phi) is 7.33. The van der Waals surface area contributed by atoms with Crippen LogP contribution in [0, 0.1) is 11.8 Å². The second-order valence-corrected chi connectivity index (χ2v) is 8.13. The first-order valence-corrected chi connectivity index (χ1v) is 10.5. The van der Waals surface area contributed by atoms with Gasteiger partial charge in [0, 0.05) is 29.1 Å². The van der Waals surface area contributed by atoms with Crippen LogP contribution in [0.4, 0.5) is 5.69 Å². The van der Waals surface area contributed by atoms with Crippen molar-refractivity contribution < 1.29 is 9.59 Å². The lowest BCUT2D eigenvalue weighted by Crippen LogP contribution is -2.36. The van der Waals surface area contributed by atoms with Gasteiger partial charge in [0.15, 0.2) is 0 Å². The lowest BCUT2D eigenvalue weighted by atomic mass is 9.81. The Bertz CT molecular complexity index is 676. The van der Waals surface area contributed by atoms with Crippen LogP contribution in [0.1, 0.15) is 57.8 Å². The number of carbonyl (C=O) groups is 2. The van der Waals surface area contributed by atoms with Gasteiger partial charge in [0.25, 0.3) is 0 Å². The number of benzene rings is 1. The summed E-state index contributed by atoms with van der Waals surface area (Å²) < 4.78 is 0. The quantitative estimate of drug-likeness (QED) is 0.666. The smallest absolute Gasteiger partial charge is 0.227 e. The van der Waals surface area contributed by atoms with E-state index in [1.807, 2.05) is 0 Å². The van der Waals surface area contributed by atoms with Crippen LogP contribution in [0.2, 0.25) is 5.02 Å². The molecule has 2 amide bonds. The molecule has 27 heavy (non-hydrogen) atoms. The molecule has 0 spiro atoms. The Morgan fingerprint density at radius 2 is 1.63 bits per heavy atom. The number of nitrogens with one attached hydrogen (secondary N) is 2. The van der Waals surface area contributed by atoms with Gasteiger partial charge in [0.1, 0.15) is 0 Å². The number of halogens is 1. The third kappa shape index (κ3) is 6.10. The van der Waals surface area contributed by atoms with E-state index in [2.05, 4.69) is 16.7 Å². The minimum absolute atomic E-state index is 0.0166. The Morgan fingerprint density at radius 1 is 0.963 bits per heavy atom. The second-order valence-electron chi connectivity index (χ2n) is 7.69. The van der Waals surface area contributed by atoms with Crippen LogP contribution in [0.25, 0.3) is 0 Å². The third-order valence-corrected chi connectivity index (χ3v) is 5.96. The molecule has 1 aromatic carbocycles. The first kappa shape index (κ1) is 19.9. The fourth-order valence-corrected chi connectivity index (χ4v) is 4.14. The largest absolute Gasteiger partial charge is 0.356 e. The first-order valence-electron chi connectivity index (χ1n) is 10.1. The maximum Gasteiger partial charge on any atom is 0.227 e. The number of carbonyl (C=O) groups excluding carboxylic acids is 2. The first-order chi connectivity index (χ1) is 13.1. The lowest BCUT2D eigenvalue weighted by molar-refractivity contribution is -0.128. The molecule has 2 aliphatic carbocycles. The van der Waals surface area contributed by atoms with Gasteiger partial charge in [0.05, 0.1) is 0 Å². The minimum atomic E-state index is -0.0166. The highest BCUT2D eigenvalue weighted by Gasteiger charge is 2.29. The molecule has 4 nitrogen and oxygen atoms in total. The van der Waals surface area contributed by atoms with Crippen LogP contribution in [0.15, 0.2) is 35.9 Å². The van der Waals surface area contributed by atoms with E-state index in [4.69, 9.17) is 11.6 Å². The Hall–Kier alpha value is -1.81. The fraction of sp³-hybridized carbons (Fsp3) is 0.545. The van der Waals surface area contributed by atoms with E-state index in [1.54, 1.807) is 24.3 Å². The summed E-state index contributed by atoms with van der Waals surface area (Å²) in [6.45, 7) is 0.738. The summed E-state index contributed by atoms with van der Waals surface area (Å²) in [4.78, 5) is 24.8. The van der Waals surface area contributed by atoms with Crippen molar-refractivity contribution in [2.24, 2.45) is 11.8 Å². The standard InChI is InChI=1S/C22H29ClN2O2/c23-19-10-12-20(13-11-19)25-22(27)18-8-6-17(7-9-18)21(26)24-15-14-16-4-2-1-3-5-16/h4,10-13,17-18H,1-3,5-9,14-15H2,(H,24,26)(H,25,27). The molecular weight excluding hydrogens is 360 g/mol. The van der Waals surface area contributed by atoms with E-state index in [-0.39, 0.29) is 23.7 Å². The van der Waals surface area contributed by atoms with Crippen molar-refractivity contribution in [3.63, 3.8) is 0 Å². The number of anilines is 1. The van der Waals surface area contributed by atoms with Crippen LogP contribution < -0.4 is 10.6 Å². The minimum Gasteiger partial charge on any atom is -0.356 e. The van der Waals surface area contributed by atoms with E-state index >= 15 is 0 Å². The molecule has 2 aliphatic rings. The van der Waals surface area contributed by atoms with Gasteiger partial charge in [-0.25, -0.2) is 0 Å². The van der Waals surface area contributed by atoms with E-state index in [9.17, 15) is 9.59 Å². The number of rotatable bonds is 6. The van der Waals surface area contributed by atoms with Crippen LogP contribution in [0.5, 0.6) is 0 Å². The van der Waals surface area contributed by atoms with Gasteiger partial charge in [0.2, 0.25) is 11.8 Å². The van der Waals surface area contributed by atoms with Crippen molar-refractivity contribution >= 4 is 29.1 Å². The summed E-state index contributed by atoms with van der Waals surface area (Å²) in [6, 6.07) is 7.14. The molecule has 0 bridgehead atoms. The highest BCUT2D eigenvalue weighted by Crippen LogP contribution is 2.30. The average molecular weight is 389 g/mol. The van der Waals surface area contributed by atoms with Gasteiger partial charge in [-0.2, -0.15) is 0 Å². The molecule has 0 saturated heterocycles. The summed E-state index contributed by atoms with van der Waals surface area (Å²) >= 11 is 5.87. The summed E-state index contributed by atoms with van der Waals surface area (Å²) in [5.74, 6) is 0.227. The lowest BCUT2D eigenvalue weighted by Gasteiger charge is -2.27. The molecule has 1 saturated carbocycles. The van der Waals surface area contributed by atoms with Gasteiger partial charge < -0.3 is 10.6 Å². The number of amides is 2. The highest BCUT2D eigenvalue weighted by atomic mass is 35.5. The van der Waals surface area contributed by atoms with Crippen molar-refractivity contribution in [1.82, 2.24) is 5.32 Å². The number of hydrogen-bond donors (Lipinski definition) is 2. The second kappa shape index (κ2) is 9.93. The zero-order chi connectivity index (χ0) is 19.1. The zero-order valence-electron chi connectivity index (χ0n) is 15.8. The van der Waals surface area contributed by atoms with Gasteiger partial charge in [-0.05, 0) is 82.1 Å². The number of allylic oxidation sites excluding steroid dienone is 1. The topological polar surface area (TPSA) is 58.2 Å². The summed E-state index contributed by atoms with van der Waals surface area (Å²) in [5, 5.41) is 6.70. The molecule has 3 rings (SSSR count). The van der Waals surface area contributed by atoms with Gasteiger partial charge >= 0.3 is 0 Å². The van der Waals surface area contributed by atoms with Gasteiger partial charge in [-0.15, -0.1) is 0 Å². The summed E-state index contributed by atoms with van der Waals surface area (Å²) in [7, 11) is 0. The zero-order valence-corrected chi connectivity index (χ0v) is 16.6. The molecule has 0 atom stereocenters. The van der Waals surface area contributed by atoms with Crippen LogP contribution in [-0.2, 0) is 9.59 Å². The molecule has 1 aromatic rings. The van der Waals surface area contributed by atoms with Gasteiger partial charge in [-0.3, -0.25) is 9.59 Å². The maximum absolute atomic E-state index is 12.4. The SMILES string of the molecule is O=C(NCCC1=CCCCC1)C1CCC(C(=O)Nc2ccc(Cl)cc2)CC1. The molecular formula is C22H29ClN2O2. The van der Waals surface area contributed by atoms with Gasteiger partial charge in [-0.1, -0.05) is 23.3 Å². The predicted octanol–water partition coefficient (Wildman–Crippen LogP) is 5.09. The molecule has 5 heteroatoms. The van der Waals surface area contributed by atoms with Crippen molar-refractivity contribution in [2.45, 2.75) is 57.8 Å². The highest BCUT2D eigenvalue weighted by molar-refractivity contribution is 6.30. The molecule has 0 aromatic heterocycles. The van der Waals surface area contributed by atoms with Crippen LogP contribution in [-0.4, -0.2) is 18.4 Å². The van der Waals surface area contributed by atoms with E-state index in [0.717, 1.165) is 44.3 Å². The average Bonchev–Trinajstić information content (AvgIpc) is 2.70. The molecule has 0 unspecified atom stereocenters. The molecule has 0 heterocycles. The van der Waals surface area contributed by atoms with E-state index in [0.29, 0.717) is 5.02 Å². The molecule has 0 aliphatic heterocycles. The third-order valence-electron chi connectivity index (χ3n) is 5.71. The van der Waals surface area contributed by atoms with Crippen molar-refractivity contribution in [1.29, 1.82) is 0 Å². The normalized spacial score (nSPS) is 22.6. The molecule has 2 N–H and O–H groups in total. The fourth-order valence-electron chi connectivity index (χ4n) is 4.02. The van der Waals surface area contributed by atoms with Crippen LogP contribution in [0.3, 0.4) is 0 Å². The van der Waals surface area contributed by atoms with E-state index in [1.165, 1.54) is 31.3 Å². The molecule has 146 valence electrons. The van der Waals surface area contributed by atoms with E-state index < -0.39 is 0 Å². The Balaban J connectivity index is 1.37. The Labute approximate surface area is 166 Å². The Morgan fingerprint density at radius 3 is 2.26 bits per heavy atom. The maximum atomic E-state index is 12.4. The molecule has 1 fully saturated rings. The monoisotopic (exact) mass is 388 g/mol. The number of hydrogen-bond acceptors (Lipinski definition) is 2. The predicted molar refractivity (Wildman–Crippen MR) is 110 cm³/mol. The van der Waals surface area contributed by atoms with Crippen molar-refractivity contribution in [2.75, 3.05) is 11.9 Å². The van der Waals surface area contributed by atoms with Crippen molar-refractivity contribution in [3.8, 4) is 0 Å². The molecule has 0 radical (unpaired) electrons.